The van der Waals surface area contributed by atoms with Gasteiger partial charge in [0.2, 0.25) is 0 Å². The largest absolute Gasteiger partial charge is 0.143 e. The summed E-state index contributed by atoms with van der Waals surface area (Å²) in [5.74, 6) is 3.29. The van der Waals surface area contributed by atoms with Crippen molar-refractivity contribution in [2.75, 3.05) is 0 Å². The Hall–Kier alpha value is -1.54. The number of aryl methyl sites for hydroxylation is 2. The third kappa shape index (κ3) is 8.00. The summed E-state index contributed by atoms with van der Waals surface area (Å²) < 4.78 is 8.70. The zero-order valence-electron chi connectivity index (χ0n) is 29.4. The lowest BCUT2D eigenvalue weighted by atomic mass is 9.95. The van der Waals surface area contributed by atoms with Gasteiger partial charge in [0.25, 0.3) is 0 Å². The lowest BCUT2D eigenvalue weighted by molar-refractivity contribution is 0.437. The van der Waals surface area contributed by atoms with E-state index in [-0.39, 0.29) is 0 Å². The molecule has 0 radical (unpaired) electrons. The van der Waals surface area contributed by atoms with Crippen LogP contribution >= 0.6 is 68.0 Å². The molecule has 0 nitrogen and oxygen atoms in total. The Morgan fingerprint density at radius 1 is 0.438 bits per heavy atom. The van der Waals surface area contributed by atoms with Crippen LogP contribution in [0.3, 0.4) is 0 Å². The molecule has 0 saturated heterocycles. The lowest BCUT2D eigenvalue weighted by Crippen LogP contribution is -1.98. The summed E-state index contributed by atoms with van der Waals surface area (Å²) in [6.07, 6.45) is 13.2. The average Bonchev–Trinajstić information content (AvgIpc) is 3.88. The molecule has 7 aromatic rings. The topological polar surface area (TPSA) is 0 Å². The molecule has 7 rings (SSSR count). The second-order valence-electron chi connectivity index (χ2n) is 15.2. The highest BCUT2D eigenvalue weighted by Gasteiger charge is 2.18. The molecule has 0 spiro atoms. The maximum absolute atomic E-state index is 2.49. The van der Waals surface area contributed by atoms with Crippen LogP contribution in [0.25, 0.3) is 58.5 Å². The third-order valence-electron chi connectivity index (χ3n) is 10.0. The van der Waals surface area contributed by atoms with Crippen molar-refractivity contribution in [3.05, 3.63) is 58.3 Å². The molecule has 0 fully saturated rings. The second-order valence-corrected chi connectivity index (χ2v) is 21.3. The number of fused-ring (bicyclic) bond motifs is 6. The summed E-state index contributed by atoms with van der Waals surface area (Å²) in [6.45, 7) is 14.2. The van der Waals surface area contributed by atoms with Crippen LogP contribution in [0.1, 0.15) is 104 Å². The van der Waals surface area contributed by atoms with E-state index in [4.69, 9.17) is 0 Å². The number of hydrogen-bond donors (Lipinski definition) is 0. The van der Waals surface area contributed by atoms with E-state index in [1.54, 1.807) is 0 Å². The Morgan fingerprint density at radius 3 is 1.29 bits per heavy atom. The second kappa shape index (κ2) is 15.4. The van der Waals surface area contributed by atoms with Gasteiger partial charge in [-0.15, -0.1) is 68.0 Å². The SMILES string of the molecule is CC(C)CCCC(C)CCc1csc(-c2cc3sc4cc5c(cc4c3s2)sc2cc(-c3cc(CCC(C)CCCC(C)C)cs3)sc25)c1. The van der Waals surface area contributed by atoms with E-state index in [9.17, 15) is 0 Å². The summed E-state index contributed by atoms with van der Waals surface area (Å²) in [5, 5.41) is 7.71. The summed E-state index contributed by atoms with van der Waals surface area (Å²) in [5.41, 5.74) is 3.04. The normalized spacial score (nSPS) is 13.8. The van der Waals surface area contributed by atoms with Gasteiger partial charge in [0.15, 0.2) is 0 Å². The Bertz CT molecular complexity index is 1950. The van der Waals surface area contributed by atoms with Gasteiger partial charge in [0.05, 0.1) is 9.40 Å². The van der Waals surface area contributed by atoms with Gasteiger partial charge in [-0.05, 0) is 108 Å². The van der Waals surface area contributed by atoms with Gasteiger partial charge in [-0.3, -0.25) is 0 Å². The van der Waals surface area contributed by atoms with Crippen LogP contribution < -0.4 is 0 Å². The van der Waals surface area contributed by atoms with E-state index in [0.717, 1.165) is 23.7 Å². The van der Waals surface area contributed by atoms with Gasteiger partial charge in [-0.1, -0.05) is 80.1 Å². The van der Waals surface area contributed by atoms with Crippen LogP contribution in [0.4, 0.5) is 0 Å². The minimum Gasteiger partial charge on any atom is -0.143 e. The van der Waals surface area contributed by atoms with Crippen LogP contribution in [0.2, 0.25) is 0 Å². The summed E-state index contributed by atoms with van der Waals surface area (Å²) >= 11 is 11.8. The van der Waals surface area contributed by atoms with Gasteiger partial charge in [0, 0.05) is 49.1 Å². The molecular weight excluding hydrogens is 697 g/mol. The fraction of sp³-hybridized carbons (Fsp3) is 0.476. The molecule has 0 aliphatic heterocycles. The predicted octanol–water partition coefficient (Wildman–Crippen LogP) is 16.8. The molecule has 6 aromatic heterocycles. The van der Waals surface area contributed by atoms with Crippen molar-refractivity contribution in [2.24, 2.45) is 23.7 Å². The average molecular weight is 747 g/mol. The van der Waals surface area contributed by atoms with Crippen molar-refractivity contribution < 1.29 is 0 Å². The molecule has 6 heterocycles. The molecule has 0 aliphatic carbocycles. The third-order valence-corrected chi connectivity index (χ3v) is 17.2. The molecule has 1 aromatic carbocycles. The molecule has 0 bridgehead atoms. The van der Waals surface area contributed by atoms with E-state index >= 15 is 0 Å². The minimum absolute atomic E-state index is 0.818. The van der Waals surface area contributed by atoms with Gasteiger partial charge < -0.3 is 0 Å². The van der Waals surface area contributed by atoms with E-state index < -0.39 is 0 Å². The molecule has 0 N–H and O–H groups in total. The Kier molecular flexibility index (Phi) is 11.2. The fourth-order valence-electron chi connectivity index (χ4n) is 6.97. The van der Waals surface area contributed by atoms with Crippen molar-refractivity contribution in [2.45, 2.75) is 106 Å². The van der Waals surface area contributed by atoms with Crippen molar-refractivity contribution in [1.82, 2.24) is 0 Å². The van der Waals surface area contributed by atoms with Crippen molar-refractivity contribution in [3.63, 3.8) is 0 Å². The van der Waals surface area contributed by atoms with Crippen LogP contribution in [0.5, 0.6) is 0 Å². The highest BCUT2D eigenvalue weighted by Crippen LogP contribution is 2.49. The van der Waals surface area contributed by atoms with Crippen LogP contribution in [0.15, 0.2) is 47.2 Å². The van der Waals surface area contributed by atoms with E-state index in [1.165, 1.54) is 134 Å². The van der Waals surface area contributed by atoms with Gasteiger partial charge in [0.1, 0.15) is 0 Å². The molecule has 0 aliphatic rings. The number of rotatable bonds is 16. The molecule has 48 heavy (non-hydrogen) atoms. The van der Waals surface area contributed by atoms with Crippen molar-refractivity contribution >= 4 is 107 Å². The lowest BCUT2D eigenvalue weighted by Gasteiger charge is -2.11. The first-order chi connectivity index (χ1) is 23.2. The van der Waals surface area contributed by atoms with E-state index in [2.05, 4.69) is 88.7 Å². The molecule has 2 atom stereocenters. The molecule has 2 unspecified atom stereocenters. The first-order valence-electron chi connectivity index (χ1n) is 18.2. The maximum Gasteiger partial charge on any atom is 0.0536 e. The summed E-state index contributed by atoms with van der Waals surface area (Å²) in [7, 11) is 0. The number of hydrogen-bond acceptors (Lipinski definition) is 6. The van der Waals surface area contributed by atoms with Crippen molar-refractivity contribution in [3.8, 4) is 19.5 Å². The Balaban J connectivity index is 1.03. The zero-order chi connectivity index (χ0) is 33.4. The molecule has 254 valence electrons. The van der Waals surface area contributed by atoms with E-state index in [1.807, 2.05) is 68.0 Å². The monoisotopic (exact) mass is 746 g/mol. The molecule has 6 heteroatoms. The summed E-state index contributed by atoms with van der Waals surface area (Å²) in [6, 6.07) is 14.8. The van der Waals surface area contributed by atoms with Gasteiger partial charge >= 0.3 is 0 Å². The standard InChI is InChI=1S/C42H50S6/c1-25(2)9-7-11-27(5)13-15-29-17-35(43-23-29)37-21-39-41(47-37)31-19-34-32(20-33(31)45-39)42-40(46-34)22-38(48-42)36-18-30(24-44-36)16-14-28(6)12-8-10-26(3)4/h17-28H,7-16H2,1-6H3. The quantitative estimate of drug-likeness (QED) is 0.0924. The predicted molar refractivity (Wildman–Crippen MR) is 227 cm³/mol. The fourth-order valence-corrected chi connectivity index (χ4v) is 14.1. The maximum atomic E-state index is 2.49. The highest BCUT2D eigenvalue weighted by molar-refractivity contribution is 7.36. The minimum atomic E-state index is 0.818. The smallest absolute Gasteiger partial charge is 0.0536 e. The van der Waals surface area contributed by atoms with Gasteiger partial charge in [-0.25, -0.2) is 0 Å². The number of benzene rings is 1. The van der Waals surface area contributed by atoms with Crippen molar-refractivity contribution in [1.29, 1.82) is 0 Å². The van der Waals surface area contributed by atoms with E-state index in [0.29, 0.717) is 0 Å². The Morgan fingerprint density at radius 2 is 0.875 bits per heavy atom. The Labute approximate surface area is 311 Å². The first kappa shape index (κ1) is 34.9. The van der Waals surface area contributed by atoms with Crippen LogP contribution in [-0.2, 0) is 12.8 Å². The molecule has 0 saturated carbocycles. The molecular formula is C42H50S6. The molecule has 0 amide bonds. The first-order valence-corrected chi connectivity index (χ1v) is 23.2. The number of thiophene rings is 6. The highest BCUT2D eigenvalue weighted by atomic mass is 32.1. The zero-order valence-corrected chi connectivity index (χ0v) is 34.3. The van der Waals surface area contributed by atoms with Crippen LogP contribution in [0, 0.1) is 23.7 Å². The summed E-state index contributed by atoms with van der Waals surface area (Å²) in [4.78, 5) is 5.76. The van der Waals surface area contributed by atoms with Crippen LogP contribution in [-0.4, -0.2) is 0 Å². The van der Waals surface area contributed by atoms with Gasteiger partial charge in [-0.2, -0.15) is 0 Å².